The molecule has 0 aliphatic heterocycles. The van der Waals surface area contributed by atoms with Gasteiger partial charge in [0.25, 0.3) is 5.56 Å². The molecule has 2 aromatic heterocycles. The summed E-state index contributed by atoms with van der Waals surface area (Å²) in [5.74, 6) is 0.936. The first-order valence-corrected chi connectivity index (χ1v) is 6.61. The van der Waals surface area contributed by atoms with Crippen LogP contribution < -0.4 is 5.56 Å². The average Bonchev–Trinajstić information content (AvgIpc) is 2.91. The number of hydrogen-bond donors (Lipinski definition) is 0. The van der Waals surface area contributed by atoms with Crippen molar-refractivity contribution in [3.8, 4) is 0 Å². The quantitative estimate of drug-likeness (QED) is 0.709. The number of nitrogens with zero attached hydrogens (tertiary/aromatic N) is 5. The van der Waals surface area contributed by atoms with E-state index < -0.39 is 0 Å². The highest BCUT2D eigenvalue weighted by atomic mass is 16.5. The summed E-state index contributed by atoms with van der Waals surface area (Å²) >= 11 is 0. The van der Waals surface area contributed by atoms with Gasteiger partial charge in [-0.3, -0.25) is 4.79 Å². The lowest BCUT2D eigenvalue weighted by Gasteiger charge is -2.10. The minimum absolute atomic E-state index is 0.135. The van der Waals surface area contributed by atoms with Crippen molar-refractivity contribution in [3.05, 3.63) is 46.3 Å². The number of hydrogen-bond acceptors (Lipinski definition) is 6. The van der Waals surface area contributed by atoms with E-state index in [1.54, 1.807) is 18.2 Å². The monoisotopic (exact) mass is 285 g/mol. The third-order valence-corrected chi connectivity index (χ3v) is 3.03. The molecule has 0 aliphatic carbocycles. The van der Waals surface area contributed by atoms with E-state index in [0.717, 1.165) is 0 Å². The van der Waals surface area contributed by atoms with E-state index in [2.05, 4.69) is 20.5 Å². The van der Waals surface area contributed by atoms with Gasteiger partial charge < -0.3 is 4.52 Å². The fourth-order valence-electron chi connectivity index (χ4n) is 1.88. The van der Waals surface area contributed by atoms with E-state index in [-0.39, 0.29) is 17.5 Å². The summed E-state index contributed by atoms with van der Waals surface area (Å²) in [6.07, 6.45) is 0. The average molecular weight is 285 g/mol. The molecular weight excluding hydrogens is 270 g/mol. The summed E-state index contributed by atoms with van der Waals surface area (Å²) in [6.45, 7) is 6.07. The standard InChI is InChI=1S/C14H15N5O2/c1-14(2,3)13-15-11(17-21-13)8-19-12(20)9-6-4-5-7-10(9)16-18-19/h4-7H,8H2,1-3H3. The van der Waals surface area contributed by atoms with Gasteiger partial charge in [0.1, 0.15) is 12.1 Å². The van der Waals surface area contributed by atoms with Crippen molar-refractivity contribution in [2.45, 2.75) is 32.7 Å². The minimum Gasteiger partial charge on any atom is -0.339 e. The van der Waals surface area contributed by atoms with E-state index in [0.29, 0.717) is 22.6 Å². The molecule has 3 aromatic rings. The molecule has 1 aromatic carbocycles. The van der Waals surface area contributed by atoms with E-state index in [9.17, 15) is 4.79 Å². The zero-order chi connectivity index (χ0) is 15.0. The van der Waals surface area contributed by atoms with Crippen LogP contribution in [0.3, 0.4) is 0 Å². The Hall–Kier alpha value is -2.57. The van der Waals surface area contributed by atoms with Crippen LogP contribution in [0, 0.1) is 0 Å². The fourth-order valence-corrected chi connectivity index (χ4v) is 1.88. The van der Waals surface area contributed by atoms with Gasteiger partial charge in [0.15, 0.2) is 5.82 Å². The summed E-state index contributed by atoms with van der Waals surface area (Å²) < 4.78 is 6.44. The van der Waals surface area contributed by atoms with Crippen LogP contribution in [0.25, 0.3) is 10.9 Å². The summed E-state index contributed by atoms with van der Waals surface area (Å²) in [5, 5.41) is 12.3. The van der Waals surface area contributed by atoms with Crippen molar-refractivity contribution >= 4 is 10.9 Å². The van der Waals surface area contributed by atoms with Gasteiger partial charge in [-0.1, -0.05) is 43.3 Å². The van der Waals surface area contributed by atoms with Crippen LogP contribution in [0.4, 0.5) is 0 Å². The van der Waals surface area contributed by atoms with Crippen LogP contribution in [-0.4, -0.2) is 25.1 Å². The van der Waals surface area contributed by atoms with Crippen LogP contribution in [0.1, 0.15) is 32.5 Å². The SMILES string of the molecule is CC(C)(C)c1nc(Cn2nnc3ccccc3c2=O)no1. The summed E-state index contributed by atoms with van der Waals surface area (Å²) in [4.78, 5) is 16.6. The maximum Gasteiger partial charge on any atom is 0.278 e. The predicted octanol–water partition coefficient (Wildman–Crippen LogP) is 1.52. The fraction of sp³-hybridized carbons (Fsp3) is 0.357. The Morgan fingerprint density at radius 3 is 2.71 bits per heavy atom. The molecule has 0 atom stereocenters. The summed E-state index contributed by atoms with van der Waals surface area (Å²) in [6, 6.07) is 7.08. The van der Waals surface area contributed by atoms with Gasteiger partial charge >= 0.3 is 0 Å². The van der Waals surface area contributed by atoms with E-state index >= 15 is 0 Å². The zero-order valence-electron chi connectivity index (χ0n) is 12.1. The van der Waals surface area contributed by atoms with Gasteiger partial charge in [-0.25, -0.2) is 4.68 Å². The van der Waals surface area contributed by atoms with Crippen molar-refractivity contribution in [2.75, 3.05) is 0 Å². The molecule has 3 rings (SSSR count). The van der Waals surface area contributed by atoms with E-state index in [1.165, 1.54) is 4.68 Å². The van der Waals surface area contributed by atoms with E-state index in [4.69, 9.17) is 4.52 Å². The second kappa shape index (κ2) is 4.76. The highest BCUT2D eigenvalue weighted by molar-refractivity contribution is 5.76. The highest BCUT2D eigenvalue weighted by Gasteiger charge is 2.22. The van der Waals surface area contributed by atoms with Gasteiger partial charge in [-0.05, 0) is 12.1 Å². The first-order chi connectivity index (χ1) is 9.95. The molecule has 7 nitrogen and oxygen atoms in total. The lowest BCUT2D eigenvalue weighted by atomic mass is 9.97. The zero-order valence-corrected chi connectivity index (χ0v) is 12.1. The molecule has 0 saturated heterocycles. The summed E-state index contributed by atoms with van der Waals surface area (Å²) in [5.41, 5.74) is 0.121. The molecule has 108 valence electrons. The number of rotatable bonds is 2. The molecule has 0 amide bonds. The number of fused-ring (bicyclic) bond motifs is 1. The Morgan fingerprint density at radius 1 is 1.24 bits per heavy atom. The maximum atomic E-state index is 12.3. The van der Waals surface area contributed by atoms with Gasteiger partial charge in [0.2, 0.25) is 5.89 Å². The number of aromatic nitrogens is 5. The van der Waals surface area contributed by atoms with Crippen LogP contribution in [-0.2, 0) is 12.0 Å². The molecule has 7 heteroatoms. The van der Waals surface area contributed by atoms with Crippen molar-refractivity contribution in [1.29, 1.82) is 0 Å². The maximum absolute atomic E-state index is 12.3. The third-order valence-electron chi connectivity index (χ3n) is 3.03. The largest absolute Gasteiger partial charge is 0.339 e. The van der Waals surface area contributed by atoms with Gasteiger partial charge in [0.05, 0.1) is 5.39 Å². The van der Waals surface area contributed by atoms with Crippen LogP contribution in [0.5, 0.6) is 0 Å². The van der Waals surface area contributed by atoms with Crippen LogP contribution in [0.2, 0.25) is 0 Å². The molecular formula is C14H15N5O2. The second-order valence-electron chi connectivity index (χ2n) is 5.84. The Morgan fingerprint density at radius 2 is 2.00 bits per heavy atom. The minimum atomic E-state index is -0.231. The molecule has 0 unspecified atom stereocenters. The number of benzene rings is 1. The second-order valence-corrected chi connectivity index (χ2v) is 5.84. The smallest absolute Gasteiger partial charge is 0.278 e. The Bertz CT molecular complexity index is 844. The predicted molar refractivity (Wildman–Crippen MR) is 75.9 cm³/mol. The molecule has 0 spiro atoms. The van der Waals surface area contributed by atoms with Crippen LogP contribution in [0.15, 0.2) is 33.6 Å². The first-order valence-electron chi connectivity index (χ1n) is 6.61. The molecule has 0 radical (unpaired) electrons. The van der Waals surface area contributed by atoms with Crippen LogP contribution >= 0.6 is 0 Å². The lowest BCUT2D eigenvalue weighted by molar-refractivity contribution is 0.317. The Kier molecular flexibility index (Phi) is 3.04. The molecule has 0 aliphatic rings. The Labute approximate surface area is 120 Å². The topological polar surface area (TPSA) is 86.7 Å². The highest BCUT2D eigenvalue weighted by Crippen LogP contribution is 2.19. The summed E-state index contributed by atoms with van der Waals surface area (Å²) in [7, 11) is 0. The van der Waals surface area contributed by atoms with Gasteiger partial charge in [-0.2, -0.15) is 4.98 Å². The van der Waals surface area contributed by atoms with Gasteiger partial charge in [0, 0.05) is 5.41 Å². The van der Waals surface area contributed by atoms with Crippen molar-refractivity contribution < 1.29 is 4.52 Å². The molecule has 21 heavy (non-hydrogen) atoms. The lowest BCUT2D eigenvalue weighted by Crippen LogP contribution is -2.25. The molecule has 2 heterocycles. The van der Waals surface area contributed by atoms with Crippen molar-refractivity contribution in [2.24, 2.45) is 0 Å². The van der Waals surface area contributed by atoms with Crippen molar-refractivity contribution in [1.82, 2.24) is 25.1 Å². The normalized spacial score (nSPS) is 12.0. The van der Waals surface area contributed by atoms with Crippen molar-refractivity contribution in [3.63, 3.8) is 0 Å². The molecule has 0 fully saturated rings. The van der Waals surface area contributed by atoms with Gasteiger partial charge in [-0.15, -0.1) is 5.10 Å². The molecule has 0 N–H and O–H groups in total. The Balaban J connectivity index is 1.97. The third kappa shape index (κ3) is 2.54. The molecule has 0 bridgehead atoms. The van der Waals surface area contributed by atoms with E-state index in [1.807, 2.05) is 26.8 Å². The molecule has 0 saturated carbocycles. The first kappa shape index (κ1) is 13.4.